The summed E-state index contributed by atoms with van der Waals surface area (Å²) in [6.07, 6.45) is 0. The molecule has 1 aliphatic carbocycles. The van der Waals surface area contributed by atoms with Gasteiger partial charge in [0, 0.05) is 16.7 Å². The minimum Gasteiger partial charge on any atom is -0.465 e. The molecule has 2 rings (SSSR count). The van der Waals surface area contributed by atoms with Gasteiger partial charge in [0.05, 0.1) is 12.7 Å². The zero-order valence-corrected chi connectivity index (χ0v) is 13.8. The summed E-state index contributed by atoms with van der Waals surface area (Å²) >= 11 is 5.94. The van der Waals surface area contributed by atoms with Gasteiger partial charge in [-0.15, -0.1) is 0 Å². The van der Waals surface area contributed by atoms with Crippen molar-refractivity contribution in [1.29, 1.82) is 5.26 Å². The molecule has 0 aliphatic heterocycles. The fourth-order valence-electron chi connectivity index (χ4n) is 2.84. The minimum absolute atomic E-state index is 0.0867. The summed E-state index contributed by atoms with van der Waals surface area (Å²) in [6, 6.07) is 8.47. The van der Waals surface area contributed by atoms with Gasteiger partial charge in [-0.25, -0.2) is 8.42 Å². The lowest BCUT2D eigenvalue weighted by Gasteiger charge is -2.08. The first kappa shape index (κ1) is 16.8. The molecule has 1 aromatic carbocycles. The summed E-state index contributed by atoms with van der Waals surface area (Å²) in [5.41, 5.74) is -1.13. The number of carbonyl (C=O) groups excluding carboxylic acids is 1. The zero-order chi connectivity index (χ0) is 16.5. The summed E-state index contributed by atoms with van der Waals surface area (Å²) < 4.78 is 29.6. The first-order valence-electron chi connectivity index (χ1n) is 6.90. The Balaban J connectivity index is 2.55. The summed E-state index contributed by atoms with van der Waals surface area (Å²) in [5, 5.41) is 8.87. The molecular formula is C15H16ClNO4S. The first-order valence-corrected chi connectivity index (χ1v) is 9.00. The highest BCUT2D eigenvalue weighted by atomic mass is 35.5. The SMILES string of the molecule is CCOC(=O)[C@]1(C#N)[C@@H](c2cccc(Cl)c2)[C@@H]1S(=O)(=O)CC. The van der Waals surface area contributed by atoms with Crippen molar-refractivity contribution >= 4 is 27.4 Å². The molecular weight excluding hydrogens is 326 g/mol. The largest absolute Gasteiger partial charge is 0.465 e. The van der Waals surface area contributed by atoms with Crippen molar-refractivity contribution in [2.75, 3.05) is 12.4 Å². The second-order valence-electron chi connectivity index (χ2n) is 5.11. The zero-order valence-electron chi connectivity index (χ0n) is 12.2. The van der Waals surface area contributed by atoms with Crippen molar-refractivity contribution in [2.45, 2.75) is 25.0 Å². The monoisotopic (exact) mass is 341 g/mol. The Kier molecular flexibility index (Phi) is 4.50. The van der Waals surface area contributed by atoms with Crippen molar-refractivity contribution in [2.24, 2.45) is 5.41 Å². The van der Waals surface area contributed by atoms with Crippen LogP contribution in [0.15, 0.2) is 24.3 Å². The summed E-state index contributed by atoms with van der Waals surface area (Å²) in [4.78, 5) is 12.3. The van der Waals surface area contributed by atoms with E-state index in [0.717, 1.165) is 0 Å². The van der Waals surface area contributed by atoms with E-state index in [1.54, 1.807) is 31.2 Å². The van der Waals surface area contributed by atoms with Crippen LogP contribution in [0.2, 0.25) is 5.02 Å². The molecule has 0 N–H and O–H groups in total. The van der Waals surface area contributed by atoms with E-state index in [4.69, 9.17) is 16.3 Å². The average Bonchev–Trinajstić information content (AvgIpc) is 3.19. The van der Waals surface area contributed by atoms with Gasteiger partial charge in [-0.1, -0.05) is 30.7 Å². The Morgan fingerprint density at radius 2 is 2.14 bits per heavy atom. The smallest absolute Gasteiger partial charge is 0.328 e. The lowest BCUT2D eigenvalue weighted by atomic mass is 10.0. The van der Waals surface area contributed by atoms with E-state index in [9.17, 15) is 18.5 Å². The molecule has 1 fully saturated rings. The molecule has 1 aromatic rings. The number of carbonyl (C=O) groups is 1. The van der Waals surface area contributed by atoms with Crippen LogP contribution in [0.3, 0.4) is 0 Å². The highest BCUT2D eigenvalue weighted by Gasteiger charge is 2.77. The van der Waals surface area contributed by atoms with E-state index in [0.29, 0.717) is 10.6 Å². The molecule has 0 aromatic heterocycles. The number of nitriles is 1. The maximum atomic E-state index is 12.3. The molecule has 5 nitrogen and oxygen atoms in total. The quantitative estimate of drug-likeness (QED) is 0.767. The van der Waals surface area contributed by atoms with Crippen molar-refractivity contribution in [3.63, 3.8) is 0 Å². The number of ether oxygens (including phenoxy) is 1. The van der Waals surface area contributed by atoms with Crippen molar-refractivity contribution in [3.8, 4) is 6.07 Å². The highest BCUT2D eigenvalue weighted by molar-refractivity contribution is 7.92. The molecule has 1 aliphatic rings. The second-order valence-corrected chi connectivity index (χ2v) is 7.95. The van der Waals surface area contributed by atoms with Gasteiger partial charge >= 0.3 is 5.97 Å². The second kappa shape index (κ2) is 5.90. The number of hydrogen-bond acceptors (Lipinski definition) is 5. The number of nitrogens with zero attached hydrogens (tertiary/aromatic N) is 1. The van der Waals surface area contributed by atoms with E-state index < -0.39 is 32.4 Å². The van der Waals surface area contributed by atoms with Crippen LogP contribution in [-0.2, 0) is 19.4 Å². The lowest BCUT2D eigenvalue weighted by Crippen LogP contribution is -2.26. The molecule has 1 saturated carbocycles. The summed E-state index contributed by atoms with van der Waals surface area (Å²) in [7, 11) is -3.58. The molecule has 0 saturated heterocycles. The van der Waals surface area contributed by atoms with E-state index in [1.807, 2.05) is 6.07 Å². The van der Waals surface area contributed by atoms with Crippen LogP contribution >= 0.6 is 11.6 Å². The molecule has 22 heavy (non-hydrogen) atoms. The van der Waals surface area contributed by atoms with Crippen LogP contribution in [0.1, 0.15) is 25.3 Å². The normalized spacial score (nSPS) is 27.0. The van der Waals surface area contributed by atoms with E-state index in [2.05, 4.69) is 0 Å². The third kappa shape index (κ3) is 2.49. The third-order valence-electron chi connectivity index (χ3n) is 3.93. The summed E-state index contributed by atoms with van der Waals surface area (Å²) in [5.74, 6) is -1.68. The van der Waals surface area contributed by atoms with Gasteiger partial charge in [0.15, 0.2) is 15.3 Å². The molecule has 0 unspecified atom stereocenters. The molecule has 0 radical (unpaired) electrons. The van der Waals surface area contributed by atoms with E-state index >= 15 is 0 Å². The number of benzene rings is 1. The lowest BCUT2D eigenvalue weighted by molar-refractivity contribution is -0.147. The molecule has 7 heteroatoms. The Bertz CT molecular complexity index is 740. The van der Waals surface area contributed by atoms with Crippen molar-refractivity contribution in [1.82, 2.24) is 0 Å². The highest BCUT2D eigenvalue weighted by Crippen LogP contribution is 2.63. The topological polar surface area (TPSA) is 84.2 Å². The minimum atomic E-state index is -3.58. The van der Waals surface area contributed by atoms with Crippen molar-refractivity contribution < 1.29 is 17.9 Å². The molecule has 3 atom stereocenters. The molecule has 118 valence electrons. The number of esters is 1. The van der Waals surface area contributed by atoms with Crippen LogP contribution < -0.4 is 0 Å². The van der Waals surface area contributed by atoms with Crippen LogP contribution in [0.4, 0.5) is 0 Å². The predicted octanol–water partition coefficient (Wildman–Crippen LogP) is 2.31. The summed E-state index contributed by atoms with van der Waals surface area (Å²) in [6.45, 7) is 3.20. The van der Waals surface area contributed by atoms with Crippen LogP contribution in [0, 0.1) is 16.7 Å². The fourth-order valence-corrected chi connectivity index (χ4v) is 4.96. The molecule has 0 spiro atoms. The van der Waals surface area contributed by atoms with Gasteiger partial charge in [-0.2, -0.15) is 5.26 Å². The van der Waals surface area contributed by atoms with Gasteiger partial charge in [0.1, 0.15) is 5.25 Å². The van der Waals surface area contributed by atoms with Gasteiger partial charge in [0.25, 0.3) is 0 Å². The Morgan fingerprint density at radius 3 is 2.64 bits per heavy atom. The number of halogens is 1. The maximum absolute atomic E-state index is 12.3. The number of hydrogen-bond donors (Lipinski definition) is 0. The predicted molar refractivity (Wildman–Crippen MR) is 82.1 cm³/mol. The van der Waals surface area contributed by atoms with Crippen LogP contribution in [-0.4, -0.2) is 32.0 Å². The van der Waals surface area contributed by atoms with Gasteiger partial charge < -0.3 is 4.74 Å². The number of rotatable bonds is 5. The van der Waals surface area contributed by atoms with E-state index in [1.165, 1.54) is 6.92 Å². The molecule has 0 bridgehead atoms. The van der Waals surface area contributed by atoms with Gasteiger partial charge in [0.2, 0.25) is 0 Å². The van der Waals surface area contributed by atoms with Crippen LogP contribution in [0.5, 0.6) is 0 Å². The third-order valence-corrected chi connectivity index (χ3v) is 6.39. The van der Waals surface area contributed by atoms with Gasteiger partial charge in [-0.05, 0) is 24.6 Å². The molecule has 0 amide bonds. The van der Waals surface area contributed by atoms with Crippen molar-refractivity contribution in [3.05, 3.63) is 34.9 Å². The fraction of sp³-hybridized carbons (Fsp3) is 0.467. The number of sulfone groups is 1. The van der Waals surface area contributed by atoms with E-state index in [-0.39, 0.29) is 12.4 Å². The standard InChI is InChI=1S/C15H16ClNO4S/c1-3-21-14(18)15(9-17)12(13(15)22(19,20)4-2)10-6-5-7-11(16)8-10/h5-8,12-13H,3-4H2,1-2H3/t12-,13-,15+/m0/s1. The first-order chi connectivity index (χ1) is 10.3. The van der Waals surface area contributed by atoms with Gasteiger partial charge in [-0.3, -0.25) is 4.79 Å². The average molecular weight is 342 g/mol. The molecule has 0 heterocycles. The van der Waals surface area contributed by atoms with Crippen LogP contribution in [0.25, 0.3) is 0 Å². The Hall–Kier alpha value is -1.58. The maximum Gasteiger partial charge on any atom is 0.328 e. The Labute approximate surface area is 134 Å². The Morgan fingerprint density at radius 1 is 1.45 bits per heavy atom.